The van der Waals surface area contributed by atoms with Crippen molar-refractivity contribution < 1.29 is 14.0 Å². The van der Waals surface area contributed by atoms with Crippen LogP contribution in [-0.4, -0.2) is 41.4 Å². The molecule has 0 saturated carbocycles. The molecule has 7 nitrogen and oxygen atoms in total. The van der Waals surface area contributed by atoms with E-state index in [2.05, 4.69) is 27.4 Å². The first-order valence-corrected chi connectivity index (χ1v) is 8.31. The molecular weight excluding hydrogens is 320 g/mol. The van der Waals surface area contributed by atoms with Crippen LogP contribution in [0.3, 0.4) is 0 Å². The van der Waals surface area contributed by atoms with Gasteiger partial charge in [0.15, 0.2) is 17.3 Å². The molecule has 1 aromatic carbocycles. The van der Waals surface area contributed by atoms with E-state index >= 15 is 0 Å². The maximum Gasteiger partial charge on any atom is 0.260 e. The summed E-state index contributed by atoms with van der Waals surface area (Å²) in [4.78, 5) is 7.64. The second-order valence-electron chi connectivity index (χ2n) is 6.05. The number of likely N-dealkylation sites (N-methyl/N-ethyl adjacent to an activating group) is 1. The molecule has 25 heavy (non-hydrogen) atoms. The van der Waals surface area contributed by atoms with E-state index in [1.165, 1.54) is 0 Å². The largest absolute Gasteiger partial charge is 0.486 e. The van der Waals surface area contributed by atoms with E-state index in [1.54, 1.807) is 0 Å². The van der Waals surface area contributed by atoms with E-state index in [9.17, 15) is 0 Å². The average Bonchev–Trinajstić information content (AvgIpc) is 3.30. The van der Waals surface area contributed by atoms with Crippen LogP contribution in [0, 0.1) is 0 Å². The minimum absolute atomic E-state index is 0.286. The minimum atomic E-state index is 0.286. The summed E-state index contributed by atoms with van der Waals surface area (Å²) >= 11 is 0. The van der Waals surface area contributed by atoms with Gasteiger partial charge in [0.1, 0.15) is 13.2 Å². The summed E-state index contributed by atoms with van der Waals surface area (Å²) in [5.41, 5.74) is 2.85. The van der Waals surface area contributed by atoms with Crippen LogP contribution in [0.4, 0.5) is 0 Å². The summed E-state index contributed by atoms with van der Waals surface area (Å²) in [6.45, 7) is 3.22. The fraction of sp³-hybridized carbons (Fsp3) is 0.333. The highest BCUT2D eigenvalue weighted by molar-refractivity contribution is 5.80. The summed E-state index contributed by atoms with van der Waals surface area (Å²) in [7, 11) is 1.91. The Morgan fingerprint density at radius 1 is 1.16 bits per heavy atom. The Bertz CT molecular complexity index is 871. The van der Waals surface area contributed by atoms with E-state index in [-0.39, 0.29) is 6.04 Å². The van der Waals surface area contributed by atoms with Crippen LogP contribution < -0.4 is 14.8 Å². The van der Waals surface area contributed by atoms with E-state index in [0.29, 0.717) is 31.3 Å². The molecule has 0 amide bonds. The lowest BCUT2D eigenvalue weighted by Crippen LogP contribution is -2.24. The average molecular weight is 340 g/mol. The maximum atomic E-state index is 5.67. The number of aromatic amines is 1. The molecule has 0 fully saturated rings. The Labute approximate surface area is 145 Å². The zero-order valence-electron chi connectivity index (χ0n) is 14.2. The minimum Gasteiger partial charge on any atom is -0.486 e. The highest BCUT2D eigenvalue weighted by atomic mass is 16.6. The van der Waals surface area contributed by atoms with Crippen LogP contribution >= 0.6 is 0 Å². The second-order valence-corrected chi connectivity index (χ2v) is 6.05. The maximum absolute atomic E-state index is 5.67. The van der Waals surface area contributed by atoms with Crippen LogP contribution in [0.25, 0.3) is 22.6 Å². The molecule has 3 heterocycles. The molecule has 0 saturated heterocycles. The number of aromatic nitrogens is 3. The smallest absolute Gasteiger partial charge is 0.260 e. The van der Waals surface area contributed by atoms with E-state index in [1.807, 2.05) is 37.6 Å². The molecule has 7 heteroatoms. The predicted octanol–water partition coefficient (Wildman–Crippen LogP) is 2.65. The number of benzene rings is 1. The van der Waals surface area contributed by atoms with Crippen molar-refractivity contribution in [3.05, 3.63) is 36.4 Å². The summed E-state index contributed by atoms with van der Waals surface area (Å²) < 4.78 is 16.7. The number of nitrogens with one attached hydrogen (secondary N) is 2. The fourth-order valence-corrected chi connectivity index (χ4v) is 2.81. The lowest BCUT2D eigenvalue weighted by Gasteiger charge is -2.18. The number of hydrogen-bond donors (Lipinski definition) is 2. The van der Waals surface area contributed by atoms with Gasteiger partial charge in [0.2, 0.25) is 0 Å². The van der Waals surface area contributed by atoms with Gasteiger partial charge in [-0.15, -0.1) is 0 Å². The van der Waals surface area contributed by atoms with Gasteiger partial charge in [-0.05, 0) is 31.7 Å². The molecular formula is C18H20N4O3. The highest BCUT2D eigenvalue weighted by Gasteiger charge is 2.18. The standard InChI is InChI=1S/C18H20N4O3/c1-11(19-2)7-17-21-18(25-22-17)14-10-20-9-13(14)12-3-4-15-16(8-12)24-6-5-23-15/h3-4,8-11,19-20H,5-7H2,1-2H3. The Hall–Kier alpha value is -2.80. The number of rotatable bonds is 5. The van der Waals surface area contributed by atoms with Crippen LogP contribution in [0.2, 0.25) is 0 Å². The third kappa shape index (κ3) is 3.10. The van der Waals surface area contributed by atoms with Gasteiger partial charge in [-0.2, -0.15) is 4.98 Å². The zero-order chi connectivity index (χ0) is 17.2. The Morgan fingerprint density at radius 3 is 2.80 bits per heavy atom. The van der Waals surface area contributed by atoms with Crippen molar-refractivity contribution >= 4 is 0 Å². The first-order valence-electron chi connectivity index (χ1n) is 8.31. The molecule has 2 aromatic heterocycles. The summed E-state index contributed by atoms with van der Waals surface area (Å²) in [5.74, 6) is 2.72. The van der Waals surface area contributed by atoms with Crippen molar-refractivity contribution in [1.82, 2.24) is 20.4 Å². The first kappa shape index (κ1) is 15.7. The fourth-order valence-electron chi connectivity index (χ4n) is 2.81. The van der Waals surface area contributed by atoms with Gasteiger partial charge in [0.25, 0.3) is 5.89 Å². The quantitative estimate of drug-likeness (QED) is 0.743. The van der Waals surface area contributed by atoms with Crippen LogP contribution in [0.1, 0.15) is 12.7 Å². The van der Waals surface area contributed by atoms with Crippen LogP contribution in [0.15, 0.2) is 35.1 Å². The van der Waals surface area contributed by atoms with Gasteiger partial charge in [-0.25, -0.2) is 0 Å². The second kappa shape index (κ2) is 6.60. The SMILES string of the molecule is CNC(C)Cc1noc(-c2c[nH]cc2-c2ccc3c(c2)OCCO3)n1. The van der Waals surface area contributed by atoms with Crippen molar-refractivity contribution in [3.63, 3.8) is 0 Å². The number of hydrogen-bond acceptors (Lipinski definition) is 6. The molecule has 1 atom stereocenters. The van der Waals surface area contributed by atoms with Gasteiger partial charge in [0, 0.05) is 30.4 Å². The highest BCUT2D eigenvalue weighted by Crippen LogP contribution is 2.37. The van der Waals surface area contributed by atoms with Crippen molar-refractivity contribution in [2.75, 3.05) is 20.3 Å². The van der Waals surface area contributed by atoms with Gasteiger partial charge in [-0.1, -0.05) is 11.2 Å². The van der Waals surface area contributed by atoms with E-state index in [0.717, 1.165) is 28.2 Å². The van der Waals surface area contributed by atoms with E-state index in [4.69, 9.17) is 14.0 Å². The third-order valence-corrected chi connectivity index (χ3v) is 4.28. The Morgan fingerprint density at radius 2 is 1.96 bits per heavy atom. The van der Waals surface area contributed by atoms with Crippen LogP contribution in [-0.2, 0) is 6.42 Å². The van der Waals surface area contributed by atoms with Crippen molar-refractivity contribution in [1.29, 1.82) is 0 Å². The number of nitrogens with zero attached hydrogens (tertiary/aromatic N) is 2. The molecule has 1 unspecified atom stereocenters. The van der Waals surface area contributed by atoms with Gasteiger partial charge in [0.05, 0.1) is 5.56 Å². The van der Waals surface area contributed by atoms with Gasteiger partial charge < -0.3 is 24.3 Å². The summed E-state index contributed by atoms with van der Waals surface area (Å²) in [5, 5.41) is 7.25. The lowest BCUT2D eigenvalue weighted by atomic mass is 10.0. The molecule has 2 N–H and O–H groups in total. The van der Waals surface area contributed by atoms with Gasteiger partial charge in [-0.3, -0.25) is 0 Å². The van der Waals surface area contributed by atoms with Crippen LogP contribution in [0.5, 0.6) is 11.5 Å². The number of H-pyrrole nitrogens is 1. The zero-order valence-corrected chi connectivity index (χ0v) is 14.2. The summed E-state index contributed by atoms with van der Waals surface area (Å²) in [6, 6.07) is 6.19. The lowest BCUT2D eigenvalue weighted by molar-refractivity contribution is 0.171. The van der Waals surface area contributed by atoms with Crippen molar-refractivity contribution in [2.45, 2.75) is 19.4 Å². The molecule has 0 aliphatic carbocycles. The van der Waals surface area contributed by atoms with Crippen molar-refractivity contribution in [3.8, 4) is 34.1 Å². The molecule has 3 aromatic rings. The van der Waals surface area contributed by atoms with Gasteiger partial charge >= 0.3 is 0 Å². The Kier molecular flexibility index (Phi) is 4.15. The number of fused-ring (bicyclic) bond motifs is 1. The Balaban J connectivity index is 1.65. The molecule has 0 bridgehead atoms. The topological polar surface area (TPSA) is 85.2 Å². The monoisotopic (exact) mass is 340 g/mol. The molecule has 130 valence electrons. The number of ether oxygens (including phenoxy) is 2. The molecule has 0 spiro atoms. The van der Waals surface area contributed by atoms with E-state index < -0.39 is 0 Å². The molecule has 1 aliphatic rings. The molecule has 1 aliphatic heterocycles. The van der Waals surface area contributed by atoms with Crippen molar-refractivity contribution in [2.24, 2.45) is 0 Å². The molecule has 4 rings (SSSR count). The first-order chi connectivity index (χ1) is 12.2. The normalized spacial score (nSPS) is 14.5. The third-order valence-electron chi connectivity index (χ3n) is 4.28. The predicted molar refractivity (Wildman–Crippen MR) is 92.7 cm³/mol. The summed E-state index contributed by atoms with van der Waals surface area (Å²) in [6.07, 6.45) is 4.50. The molecule has 0 radical (unpaired) electrons.